The van der Waals surface area contributed by atoms with Crippen LogP contribution >= 0.6 is 0 Å². The van der Waals surface area contributed by atoms with Crippen LogP contribution < -0.4 is 15.4 Å². The van der Waals surface area contributed by atoms with Crippen molar-refractivity contribution in [3.63, 3.8) is 0 Å². The molecule has 1 aromatic carbocycles. The molecule has 0 spiro atoms. The lowest BCUT2D eigenvalue weighted by Gasteiger charge is -2.11. The van der Waals surface area contributed by atoms with Gasteiger partial charge >= 0.3 is 0 Å². The Morgan fingerprint density at radius 1 is 1.16 bits per heavy atom. The molecular weight excluding hydrogens is 244 g/mol. The van der Waals surface area contributed by atoms with E-state index in [1.807, 2.05) is 13.8 Å². The highest BCUT2D eigenvalue weighted by molar-refractivity contribution is 6.00. The van der Waals surface area contributed by atoms with E-state index in [9.17, 15) is 9.59 Å². The number of ether oxygens (including phenoxy) is 1. The number of allylic oxidation sites excluding steroid dienone is 1. The van der Waals surface area contributed by atoms with Gasteiger partial charge in [-0.05, 0) is 32.0 Å². The Kier molecular flexibility index (Phi) is 5.11. The number of methoxy groups -OCH3 is 1. The monoisotopic (exact) mass is 262 g/mol. The van der Waals surface area contributed by atoms with Crippen molar-refractivity contribution in [1.82, 2.24) is 0 Å². The van der Waals surface area contributed by atoms with E-state index in [4.69, 9.17) is 4.74 Å². The Morgan fingerprint density at radius 2 is 1.84 bits per heavy atom. The second kappa shape index (κ2) is 6.58. The zero-order valence-electron chi connectivity index (χ0n) is 11.5. The van der Waals surface area contributed by atoms with Gasteiger partial charge in [0.15, 0.2) is 0 Å². The molecular formula is C14H18N2O3. The van der Waals surface area contributed by atoms with Crippen LogP contribution in [-0.4, -0.2) is 18.9 Å². The number of hydrogen-bond acceptors (Lipinski definition) is 3. The van der Waals surface area contributed by atoms with E-state index < -0.39 is 0 Å². The summed E-state index contributed by atoms with van der Waals surface area (Å²) in [6.07, 6.45) is 1.50. The van der Waals surface area contributed by atoms with Crippen molar-refractivity contribution in [3.8, 4) is 5.75 Å². The molecule has 5 nitrogen and oxygen atoms in total. The Labute approximate surface area is 112 Å². The zero-order chi connectivity index (χ0) is 14.4. The zero-order valence-corrected chi connectivity index (χ0v) is 11.5. The van der Waals surface area contributed by atoms with Gasteiger partial charge in [-0.3, -0.25) is 9.59 Å². The molecule has 0 unspecified atom stereocenters. The third kappa shape index (κ3) is 4.83. The van der Waals surface area contributed by atoms with Gasteiger partial charge in [0, 0.05) is 18.7 Å². The maximum Gasteiger partial charge on any atom is 0.248 e. The highest BCUT2D eigenvalue weighted by Gasteiger charge is 2.07. The minimum absolute atomic E-state index is 0.203. The molecule has 0 aliphatic heterocycles. The molecule has 5 heteroatoms. The minimum Gasteiger partial charge on any atom is -0.495 e. The molecule has 19 heavy (non-hydrogen) atoms. The summed E-state index contributed by atoms with van der Waals surface area (Å²) in [5.74, 6) is 0.125. The van der Waals surface area contributed by atoms with Crippen LogP contribution in [0.4, 0.5) is 11.4 Å². The van der Waals surface area contributed by atoms with Crippen LogP contribution in [0, 0.1) is 0 Å². The average molecular weight is 262 g/mol. The van der Waals surface area contributed by atoms with Crippen molar-refractivity contribution in [3.05, 3.63) is 29.8 Å². The van der Waals surface area contributed by atoms with Gasteiger partial charge in [-0.1, -0.05) is 5.57 Å². The molecule has 102 valence electrons. The van der Waals surface area contributed by atoms with Gasteiger partial charge in [0.25, 0.3) is 0 Å². The second-order valence-electron chi connectivity index (χ2n) is 4.31. The first-order valence-corrected chi connectivity index (χ1v) is 5.84. The van der Waals surface area contributed by atoms with E-state index in [2.05, 4.69) is 10.6 Å². The van der Waals surface area contributed by atoms with Crippen molar-refractivity contribution >= 4 is 23.2 Å². The largest absolute Gasteiger partial charge is 0.495 e. The highest BCUT2D eigenvalue weighted by Crippen LogP contribution is 2.27. The van der Waals surface area contributed by atoms with Crippen molar-refractivity contribution < 1.29 is 14.3 Å². The molecule has 0 atom stereocenters. The average Bonchev–Trinajstić information content (AvgIpc) is 2.27. The van der Waals surface area contributed by atoms with Crippen LogP contribution in [0.5, 0.6) is 5.75 Å². The predicted molar refractivity (Wildman–Crippen MR) is 75.4 cm³/mol. The standard InChI is InChI=1S/C14H18N2O3/c1-9(2)7-14(18)16-11-5-6-13(19-4)12(8-11)15-10(3)17/h5-8H,1-4H3,(H,15,17)(H,16,18). The van der Waals surface area contributed by atoms with E-state index >= 15 is 0 Å². The summed E-state index contributed by atoms with van der Waals surface area (Å²) in [5.41, 5.74) is 2.02. The van der Waals surface area contributed by atoms with Gasteiger partial charge in [-0.25, -0.2) is 0 Å². The second-order valence-corrected chi connectivity index (χ2v) is 4.31. The molecule has 0 saturated heterocycles. The third-order valence-corrected chi connectivity index (χ3v) is 2.20. The number of carbonyl (C=O) groups excluding carboxylic acids is 2. The van der Waals surface area contributed by atoms with Crippen molar-refractivity contribution in [2.45, 2.75) is 20.8 Å². The smallest absolute Gasteiger partial charge is 0.248 e. The summed E-state index contributed by atoms with van der Waals surface area (Å²) in [6.45, 7) is 5.10. The number of hydrogen-bond donors (Lipinski definition) is 2. The van der Waals surface area contributed by atoms with E-state index in [1.54, 1.807) is 18.2 Å². The summed E-state index contributed by atoms with van der Waals surface area (Å²) in [6, 6.07) is 5.04. The summed E-state index contributed by atoms with van der Waals surface area (Å²) < 4.78 is 5.13. The van der Waals surface area contributed by atoms with Crippen LogP contribution in [0.1, 0.15) is 20.8 Å². The summed E-state index contributed by atoms with van der Waals surface area (Å²) in [4.78, 5) is 22.7. The SMILES string of the molecule is COc1ccc(NC(=O)C=C(C)C)cc1NC(C)=O. The molecule has 0 radical (unpaired) electrons. The first-order valence-electron chi connectivity index (χ1n) is 5.84. The normalized spacial score (nSPS) is 9.47. The number of benzene rings is 1. The summed E-state index contributed by atoms with van der Waals surface area (Å²) in [5, 5.41) is 5.36. The lowest BCUT2D eigenvalue weighted by molar-refractivity contribution is -0.114. The topological polar surface area (TPSA) is 67.4 Å². The van der Waals surface area contributed by atoms with E-state index in [0.29, 0.717) is 17.1 Å². The van der Waals surface area contributed by atoms with Crippen molar-refractivity contribution in [2.75, 3.05) is 17.7 Å². The van der Waals surface area contributed by atoms with Gasteiger partial charge in [0.05, 0.1) is 12.8 Å². The van der Waals surface area contributed by atoms with E-state index in [1.165, 1.54) is 20.1 Å². The first-order chi connectivity index (χ1) is 8.92. The van der Waals surface area contributed by atoms with Crippen LogP contribution in [0.25, 0.3) is 0 Å². The fourth-order valence-corrected chi connectivity index (χ4v) is 1.51. The molecule has 0 aromatic heterocycles. The quantitative estimate of drug-likeness (QED) is 0.819. The van der Waals surface area contributed by atoms with Crippen LogP contribution in [0.2, 0.25) is 0 Å². The highest BCUT2D eigenvalue weighted by atomic mass is 16.5. The fourth-order valence-electron chi connectivity index (χ4n) is 1.51. The van der Waals surface area contributed by atoms with Gasteiger partial charge in [0.2, 0.25) is 11.8 Å². The van der Waals surface area contributed by atoms with Gasteiger partial charge in [-0.15, -0.1) is 0 Å². The van der Waals surface area contributed by atoms with Gasteiger partial charge in [-0.2, -0.15) is 0 Å². The number of anilines is 2. The van der Waals surface area contributed by atoms with Gasteiger partial charge < -0.3 is 15.4 Å². The molecule has 0 aliphatic rings. The molecule has 1 aromatic rings. The number of carbonyl (C=O) groups is 2. The predicted octanol–water partition coefficient (Wildman–Crippen LogP) is 2.56. The third-order valence-electron chi connectivity index (χ3n) is 2.20. The molecule has 0 bridgehead atoms. The molecule has 0 fully saturated rings. The van der Waals surface area contributed by atoms with Crippen LogP contribution in [0.3, 0.4) is 0 Å². The lowest BCUT2D eigenvalue weighted by atomic mass is 10.2. The van der Waals surface area contributed by atoms with E-state index in [0.717, 1.165) is 5.57 Å². The molecule has 1 rings (SSSR count). The molecule has 0 saturated carbocycles. The summed E-state index contributed by atoms with van der Waals surface area (Å²) in [7, 11) is 1.52. The summed E-state index contributed by atoms with van der Waals surface area (Å²) >= 11 is 0. The number of rotatable bonds is 4. The van der Waals surface area contributed by atoms with Crippen molar-refractivity contribution in [2.24, 2.45) is 0 Å². The maximum atomic E-state index is 11.6. The Balaban J connectivity index is 2.95. The Hall–Kier alpha value is -2.30. The Morgan fingerprint density at radius 3 is 2.37 bits per heavy atom. The Bertz CT molecular complexity index is 517. The molecule has 2 amide bonds. The minimum atomic E-state index is -0.209. The molecule has 0 aliphatic carbocycles. The van der Waals surface area contributed by atoms with Crippen molar-refractivity contribution in [1.29, 1.82) is 0 Å². The van der Waals surface area contributed by atoms with Crippen LogP contribution in [-0.2, 0) is 9.59 Å². The number of amides is 2. The fraction of sp³-hybridized carbons (Fsp3) is 0.286. The number of nitrogens with one attached hydrogen (secondary N) is 2. The van der Waals surface area contributed by atoms with Crippen LogP contribution in [0.15, 0.2) is 29.8 Å². The molecule has 0 heterocycles. The lowest BCUT2D eigenvalue weighted by Crippen LogP contribution is -2.11. The molecule has 2 N–H and O–H groups in total. The first kappa shape index (κ1) is 14.8. The van der Waals surface area contributed by atoms with E-state index in [-0.39, 0.29) is 11.8 Å². The van der Waals surface area contributed by atoms with Gasteiger partial charge in [0.1, 0.15) is 5.75 Å². The maximum absolute atomic E-state index is 11.6.